The van der Waals surface area contributed by atoms with Gasteiger partial charge in [-0.05, 0) is 49.2 Å². The SMILES string of the molecule is Cc1ccc(Nc2nc(N)nc(COC(=O)COc3ccc4c(c3)CCC(=O)N4)n2)cc1. The molecule has 0 spiro atoms. The number of carbonyl (C=O) groups excluding carboxylic acids is 2. The number of hydrogen-bond acceptors (Lipinski definition) is 9. The summed E-state index contributed by atoms with van der Waals surface area (Å²) in [6, 6.07) is 12.9. The Hall–Kier alpha value is -4.21. The van der Waals surface area contributed by atoms with Crippen LogP contribution in [-0.2, 0) is 27.4 Å². The van der Waals surface area contributed by atoms with Crippen LogP contribution >= 0.6 is 0 Å². The van der Waals surface area contributed by atoms with Crippen molar-refractivity contribution in [3.63, 3.8) is 0 Å². The van der Waals surface area contributed by atoms with Crippen LogP contribution in [-0.4, -0.2) is 33.4 Å². The average Bonchev–Trinajstić information content (AvgIpc) is 2.77. The highest BCUT2D eigenvalue weighted by atomic mass is 16.6. The number of carbonyl (C=O) groups is 2. The summed E-state index contributed by atoms with van der Waals surface area (Å²) >= 11 is 0. The van der Waals surface area contributed by atoms with Gasteiger partial charge in [-0.15, -0.1) is 0 Å². The Labute approximate surface area is 184 Å². The van der Waals surface area contributed by atoms with E-state index in [1.807, 2.05) is 31.2 Å². The van der Waals surface area contributed by atoms with Crippen LogP contribution < -0.4 is 21.1 Å². The zero-order valence-corrected chi connectivity index (χ0v) is 17.4. The molecule has 3 aromatic rings. The molecule has 10 heteroatoms. The van der Waals surface area contributed by atoms with Gasteiger partial charge in [-0.2, -0.15) is 15.0 Å². The van der Waals surface area contributed by atoms with E-state index in [2.05, 4.69) is 25.6 Å². The van der Waals surface area contributed by atoms with Crippen LogP contribution in [0.1, 0.15) is 23.4 Å². The summed E-state index contributed by atoms with van der Waals surface area (Å²) < 4.78 is 10.7. The number of anilines is 4. The van der Waals surface area contributed by atoms with Gasteiger partial charge in [-0.3, -0.25) is 4.79 Å². The summed E-state index contributed by atoms with van der Waals surface area (Å²) in [6.07, 6.45) is 1.05. The molecule has 0 unspecified atom stereocenters. The number of esters is 1. The first-order chi connectivity index (χ1) is 15.4. The molecule has 2 heterocycles. The van der Waals surface area contributed by atoms with Crippen LogP contribution in [0.4, 0.5) is 23.3 Å². The van der Waals surface area contributed by atoms with Crippen molar-refractivity contribution in [1.82, 2.24) is 15.0 Å². The number of rotatable bonds is 7. The molecule has 0 aliphatic carbocycles. The van der Waals surface area contributed by atoms with E-state index >= 15 is 0 Å². The smallest absolute Gasteiger partial charge is 0.344 e. The lowest BCUT2D eigenvalue weighted by molar-refractivity contribution is -0.147. The Morgan fingerprint density at radius 2 is 1.94 bits per heavy atom. The number of fused-ring (bicyclic) bond motifs is 1. The number of nitrogen functional groups attached to an aromatic ring is 1. The zero-order valence-electron chi connectivity index (χ0n) is 17.4. The quantitative estimate of drug-likeness (QED) is 0.478. The van der Waals surface area contributed by atoms with Crippen LogP contribution in [0.25, 0.3) is 0 Å². The molecule has 10 nitrogen and oxygen atoms in total. The molecule has 0 atom stereocenters. The highest BCUT2D eigenvalue weighted by Crippen LogP contribution is 2.26. The molecule has 1 amide bonds. The van der Waals surface area contributed by atoms with Crippen molar-refractivity contribution in [2.24, 2.45) is 0 Å². The first kappa shape index (κ1) is 21.0. The minimum absolute atomic E-state index is 0.00839. The third-order valence-electron chi connectivity index (χ3n) is 4.70. The molecule has 0 radical (unpaired) electrons. The second-order valence-corrected chi connectivity index (χ2v) is 7.24. The first-order valence-electron chi connectivity index (χ1n) is 10.00. The van der Waals surface area contributed by atoms with Crippen LogP contribution in [0.5, 0.6) is 5.75 Å². The molecule has 32 heavy (non-hydrogen) atoms. The van der Waals surface area contributed by atoms with Crippen LogP contribution in [0.15, 0.2) is 42.5 Å². The number of nitrogens with zero attached hydrogens (tertiary/aromatic N) is 3. The summed E-state index contributed by atoms with van der Waals surface area (Å²) in [7, 11) is 0. The third kappa shape index (κ3) is 5.48. The Morgan fingerprint density at radius 1 is 1.12 bits per heavy atom. The monoisotopic (exact) mass is 434 g/mol. The van der Waals surface area contributed by atoms with Gasteiger partial charge in [0, 0.05) is 17.8 Å². The molecular weight excluding hydrogens is 412 g/mol. The maximum absolute atomic E-state index is 12.1. The fourth-order valence-electron chi connectivity index (χ4n) is 3.10. The van der Waals surface area contributed by atoms with Crippen LogP contribution in [0.2, 0.25) is 0 Å². The Bertz CT molecular complexity index is 1150. The molecule has 1 aromatic heterocycles. The summed E-state index contributed by atoms with van der Waals surface area (Å²) in [6.45, 7) is 1.54. The second-order valence-electron chi connectivity index (χ2n) is 7.24. The van der Waals surface area contributed by atoms with Crippen molar-refractivity contribution in [2.45, 2.75) is 26.4 Å². The highest BCUT2D eigenvalue weighted by Gasteiger charge is 2.16. The number of nitrogens with two attached hydrogens (primary N) is 1. The van der Waals surface area contributed by atoms with Gasteiger partial charge >= 0.3 is 5.97 Å². The number of hydrogen-bond donors (Lipinski definition) is 3. The summed E-state index contributed by atoms with van der Waals surface area (Å²) in [4.78, 5) is 35.8. The molecule has 4 rings (SSSR count). The number of ether oxygens (including phenoxy) is 2. The molecular formula is C22H22N6O4. The lowest BCUT2D eigenvalue weighted by Gasteiger charge is -2.17. The van der Waals surface area contributed by atoms with E-state index in [0.717, 1.165) is 22.5 Å². The van der Waals surface area contributed by atoms with E-state index in [1.165, 1.54) is 0 Å². The molecule has 1 aliphatic heterocycles. The van der Waals surface area contributed by atoms with Gasteiger partial charge in [0.1, 0.15) is 5.75 Å². The average molecular weight is 434 g/mol. The predicted octanol–water partition coefficient (Wildman–Crippen LogP) is 2.51. The van der Waals surface area contributed by atoms with Crippen LogP contribution in [0.3, 0.4) is 0 Å². The lowest BCUT2D eigenvalue weighted by Crippen LogP contribution is -2.19. The maximum atomic E-state index is 12.1. The molecule has 2 aromatic carbocycles. The van der Waals surface area contributed by atoms with Gasteiger partial charge in [0.2, 0.25) is 17.8 Å². The molecule has 0 bridgehead atoms. The van der Waals surface area contributed by atoms with E-state index in [0.29, 0.717) is 18.6 Å². The maximum Gasteiger partial charge on any atom is 0.344 e. The molecule has 164 valence electrons. The number of amides is 1. The lowest BCUT2D eigenvalue weighted by atomic mass is 10.0. The predicted molar refractivity (Wildman–Crippen MR) is 117 cm³/mol. The van der Waals surface area contributed by atoms with Gasteiger partial charge in [0.15, 0.2) is 19.0 Å². The van der Waals surface area contributed by atoms with E-state index in [1.54, 1.807) is 18.2 Å². The van der Waals surface area contributed by atoms with Crippen molar-refractivity contribution in [1.29, 1.82) is 0 Å². The fraction of sp³-hybridized carbons (Fsp3) is 0.227. The van der Waals surface area contributed by atoms with E-state index < -0.39 is 5.97 Å². The topological polar surface area (TPSA) is 141 Å². The number of aromatic nitrogens is 3. The van der Waals surface area contributed by atoms with Crippen molar-refractivity contribution < 1.29 is 19.1 Å². The third-order valence-corrected chi connectivity index (χ3v) is 4.70. The van der Waals surface area contributed by atoms with Crippen LogP contribution in [0, 0.1) is 6.92 Å². The molecule has 4 N–H and O–H groups in total. The molecule has 0 saturated carbocycles. The summed E-state index contributed by atoms with van der Waals surface area (Å²) in [5.41, 5.74) is 9.40. The minimum atomic E-state index is -0.581. The van der Waals surface area contributed by atoms with Crippen molar-refractivity contribution in [3.05, 3.63) is 59.4 Å². The van der Waals surface area contributed by atoms with E-state index in [4.69, 9.17) is 15.2 Å². The number of aryl methyl sites for hydroxylation is 2. The number of nitrogens with one attached hydrogen (secondary N) is 2. The molecule has 1 aliphatic rings. The van der Waals surface area contributed by atoms with Gasteiger partial charge in [0.25, 0.3) is 0 Å². The van der Waals surface area contributed by atoms with Gasteiger partial charge in [-0.1, -0.05) is 17.7 Å². The summed E-state index contributed by atoms with van der Waals surface area (Å²) in [5, 5.41) is 5.84. The first-order valence-corrected chi connectivity index (χ1v) is 10.00. The Kier molecular flexibility index (Phi) is 6.11. The highest BCUT2D eigenvalue weighted by molar-refractivity contribution is 5.94. The van der Waals surface area contributed by atoms with Gasteiger partial charge < -0.3 is 25.8 Å². The second kappa shape index (κ2) is 9.29. The Morgan fingerprint density at radius 3 is 2.75 bits per heavy atom. The van der Waals surface area contributed by atoms with E-state index in [-0.39, 0.29) is 36.8 Å². The fourth-order valence-corrected chi connectivity index (χ4v) is 3.10. The van der Waals surface area contributed by atoms with Gasteiger partial charge in [-0.25, -0.2) is 4.79 Å². The van der Waals surface area contributed by atoms with Crippen molar-refractivity contribution >= 4 is 35.1 Å². The molecule has 0 fully saturated rings. The zero-order chi connectivity index (χ0) is 22.5. The Balaban J connectivity index is 1.30. The normalized spacial score (nSPS) is 12.5. The molecule has 0 saturated heterocycles. The van der Waals surface area contributed by atoms with Gasteiger partial charge in [0.05, 0.1) is 0 Å². The van der Waals surface area contributed by atoms with E-state index in [9.17, 15) is 9.59 Å². The van der Waals surface area contributed by atoms with Crippen molar-refractivity contribution in [2.75, 3.05) is 23.0 Å². The standard InChI is InChI=1S/C22H22N6O4/c1-13-2-5-15(6-3-13)24-22-27-18(26-21(23)28-22)11-32-20(30)12-31-16-7-8-17-14(10-16)4-9-19(29)25-17/h2-3,5-8,10H,4,9,11-12H2,1H3,(H,25,29)(H3,23,24,26,27,28). The number of benzene rings is 2. The van der Waals surface area contributed by atoms with Crippen molar-refractivity contribution in [3.8, 4) is 5.75 Å². The largest absolute Gasteiger partial charge is 0.482 e. The summed E-state index contributed by atoms with van der Waals surface area (Å²) in [5.74, 6) is 0.410. The minimum Gasteiger partial charge on any atom is -0.482 e.